The number of fused-ring (bicyclic) bond motifs is 1. The van der Waals surface area contributed by atoms with Crippen LogP contribution in [-0.4, -0.2) is 50.0 Å². The molecule has 1 aliphatic heterocycles. The Bertz CT molecular complexity index is 1050. The summed E-state index contributed by atoms with van der Waals surface area (Å²) in [6.45, 7) is 5.66. The number of aryl methyl sites for hydroxylation is 1. The molecule has 0 bridgehead atoms. The lowest BCUT2D eigenvalue weighted by molar-refractivity contribution is 0.299. The minimum absolute atomic E-state index is 0.425. The van der Waals surface area contributed by atoms with Crippen molar-refractivity contribution in [3.05, 3.63) is 58.3 Å². The van der Waals surface area contributed by atoms with Crippen molar-refractivity contribution >= 4 is 27.7 Å². The van der Waals surface area contributed by atoms with Gasteiger partial charge in [-0.2, -0.15) is 0 Å². The first-order chi connectivity index (χ1) is 14.5. The smallest absolute Gasteiger partial charge is 0.191 e. The highest BCUT2D eigenvalue weighted by Gasteiger charge is 2.60. The number of benzene rings is 1. The van der Waals surface area contributed by atoms with E-state index in [1.807, 2.05) is 26.4 Å². The molecule has 5 nitrogen and oxygen atoms in total. The SMILES string of the molecule is Cc1cncc(-c2nnc(SCCCN3C[C@@H]4C[C@]4(c4ccc(Br)cc4)C3)n2C)c1. The third kappa shape index (κ3) is 3.83. The van der Waals surface area contributed by atoms with E-state index in [1.165, 1.54) is 31.5 Å². The summed E-state index contributed by atoms with van der Waals surface area (Å²) in [6, 6.07) is 11.1. The number of rotatable bonds is 7. The molecule has 7 heteroatoms. The maximum atomic E-state index is 4.40. The number of nitrogens with zero attached hydrogens (tertiary/aromatic N) is 5. The van der Waals surface area contributed by atoms with Crippen LogP contribution >= 0.6 is 27.7 Å². The topological polar surface area (TPSA) is 46.8 Å². The van der Waals surface area contributed by atoms with Crippen molar-refractivity contribution in [2.24, 2.45) is 13.0 Å². The van der Waals surface area contributed by atoms with Gasteiger partial charge in [0.25, 0.3) is 0 Å². The van der Waals surface area contributed by atoms with Gasteiger partial charge in [0.2, 0.25) is 0 Å². The van der Waals surface area contributed by atoms with Gasteiger partial charge in [-0.1, -0.05) is 39.8 Å². The second-order valence-electron chi connectivity index (χ2n) is 8.62. The molecule has 3 heterocycles. The molecular weight excluding hydrogens is 458 g/mol. The summed E-state index contributed by atoms with van der Waals surface area (Å²) in [5.41, 5.74) is 4.10. The predicted molar refractivity (Wildman–Crippen MR) is 125 cm³/mol. The van der Waals surface area contributed by atoms with Gasteiger partial charge in [-0.3, -0.25) is 4.98 Å². The maximum absolute atomic E-state index is 4.40. The first-order valence-electron chi connectivity index (χ1n) is 10.5. The highest BCUT2D eigenvalue weighted by molar-refractivity contribution is 9.10. The van der Waals surface area contributed by atoms with E-state index < -0.39 is 0 Å². The van der Waals surface area contributed by atoms with Crippen LogP contribution in [-0.2, 0) is 12.5 Å². The molecule has 5 rings (SSSR count). The van der Waals surface area contributed by atoms with Gasteiger partial charge < -0.3 is 9.47 Å². The van der Waals surface area contributed by atoms with Crippen LogP contribution in [0.4, 0.5) is 0 Å². The molecule has 2 aromatic heterocycles. The highest BCUT2D eigenvalue weighted by atomic mass is 79.9. The summed E-state index contributed by atoms with van der Waals surface area (Å²) in [6.07, 6.45) is 6.24. The van der Waals surface area contributed by atoms with Gasteiger partial charge in [0.05, 0.1) is 0 Å². The van der Waals surface area contributed by atoms with Crippen molar-refractivity contribution in [3.63, 3.8) is 0 Å². The molecule has 156 valence electrons. The quantitative estimate of drug-likeness (QED) is 0.359. The minimum Gasteiger partial charge on any atom is -0.305 e. The average Bonchev–Trinajstić information content (AvgIpc) is 3.11. The van der Waals surface area contributed by atoms with E-state index in [0.29, 0.717) is 5.41 Å². The normalized spacial score (nSPS) is 23.0. The van der Waals surface area contributed by atoms with Crippen molar-refractivity contribution in [3.8, 4) is 11.4 Å². The van der Waals surface area contributed by atoms with Crippen LogP contribution in [0.3, 0.4) is 0 Å². The second kappa shape index (κ2) is 8.09. The molecule has 0 unspecified atom stereocenters. The molecule has 1 aromatic carbocycles. The summed E-state index contributed by atoms with van der Waals surface area (Å²) in [7, 11) is 2.04. The van der Waals surface area contributed by atoms with Gasteiger partial charge in [0.15, 0.2) is 11.0 Å². The van der Waals surface area contributed by atoms with Crippen LogP contribution in [0.5, 0.6) is 0 Å². The van der Waals surface area contributed by atoms with E-state index in [4.69, 9.17) is 0 Å². The lowest BCUT2D eigenvalue weighted by Gasteiger charge is -2.21. The zero-order chi connectivity index (χ0) is 20.7. The number of hydrogen-bond donors (Lipinski definition) is 0. The Hall–Kier alpha value is -1.70. The summed E-state index contributed by atoms with van der Waals surface area (Å²) in [4.78, 5) is 6.93. The van der Waals surface area contributed by atoms with Gasteiger partial charge in [-0.05, 0) is 61.6 Å². The number of pyridine rings is 1. The third-order valence-electron chi connectivity index (χ3n) is 6.45. The number of halogens is 1. The number of thioether (sulfide) groups is 1. The third-order valence-corrected chi connectivity index (χ3v) is 8.09. The zero-order valence-electron chi connectivity index (χ0n) is 17.4. The molecule has 1 aliphatic carbocycles. The predicted octanol–water partition coefficient (Wildman–Crippen LogP) is 4.70. The van der Waals surface area contributed by atoms with Crippen molar-refractivity contribution in [1.82, 2.24) is 24.6 Å². The fourth-order valence-electron chi connectivity index (χ4n) is 4.81. The van der Waals surface area contributed by atoms with Crippen LogP contribution in [0.25, 0.3) is 11.4 Å². The monoisotopic (exact) mass is 483 g/mol. The van der Waals surface area contributed by atoms with E-state index in [1.54, 1.807) is 11.8 Å². The number of aromatic nitrogens is 4. The first kappa shape index (κ1) is 20.2. The molecule has 2 atom stereocenters. The molecule has 3 aromatic rings. The number of likely N-dealkylation sites (tertiary alicyclic amines) is 1. The summed E-state index contributed by atoms with van der Waals surface area (Å²) < 4.78 is 3.24. The Morgan fingerprint density at radius 2 is 2.03 bits per heavy atom. The molecule has 1 saturated carbocycles. The molecule has 1 saturated heterocycles. The molecule has 0 N–H and O–H groups in total. The molecular formula is C23H26BrN5S. The zero-order valence-corrected chi connectivity index (χ0v) is 19.8. The maximum Gasteiger partial charge on any atom is 0.191 e. The largest absolute Gasteiger partial charge is 0.305 e. The Labute approximate surface area is 190 Å². The van der Waals surface area contributed by atoms with Crippen LogP contribution in [0, 0.1) is 12.8 Å². The Balaban J connectivity index is 1.13. The Morgan fingerprint density at radius 3 is 2.83 bits per heavy atom. The molecule has 0 spiro atoms. The van der Waals surface area contributed by atoms with Crippen LogP contribution in [0.15, 0.2) is 52.4 Å². The lowest BCUT2D eigenvalue weighted by Crippen LogP contribution is -2.27. The van der Waals surface area contributed by atoms with E-state index in [2.05, 4.69) is 70.9 Å². The van der Waals surface area contributed by atoms with Gasteiger partial charge >= 0.3 is 0 Å². The Kier molecular flexibility index (Phi) is 5.45. The van der Waals surface area contributed by atoms with Gasteiger partial charge in [0.1, 0.15) is 0 Å². The fraction of sp³-hybridized carbons (Fsp3) is 0.435. The van der Waals surface area contributed by atoms with Gasteiger partial charge in [-0.15, -0.1) is 10.2 Å². The van der Waals surface area contributed by atoms with E-state index in [-0.39, 0.29) is 0 Å². The van der Waals surface area contributed by atoms with Gasteiger partial charge in [0, 0.05) is 53.7 Å². The summed E-state index contributed by atoms with van der Waals surface area (Å²) in [5.74, 6) is 2.78. The first-order valence-corrected chi connectivity index (χ1v) is 12.3. The van der Waals surface area contributed by atoms with Crippen LogP contribution in [0.2, 0.25) is 0 Å². The lowest BCUT2D eigenvalue weighted by atomic mass is 9.95. The molecule has 30 heavy (non-hydrogen) atoms. The van der Waals surface area contributed by atoms with Crippen LogP contribution < -0.4 is 0 Å². The summed E-state index contributed by atoms with van der Waals surface area (Å²) in [5, 5.41) is 9.76. The van der Waals surface area contributed by atoms with E-state index >= 15 is 0 Å². The van der Waals surface area contributed by atoms with E-state index in [9.17, 15) is 0 Å². The fourth-order valence-corrected chi connectivity index (χ4v) is 5.91. The molecule has 0 amide bonds. The minimum atomic E-state index is 0.425. The standard InChI is InChI=1S/C23H26BrN5S/c1-16-10-17(13-25-12-16)21-26-27-22(28(21)2)30-9-3-8-29-14-19-11-23(19,15-29)18-4-6-20(24)7-5-18/h4-7,10,12-13,19H,3,8-9,11,14-15H2,1-2H3/t19-,23+/m0/s1. The second-order valence-corrected chi connectivity index (χ2v) is 10.6. The van der Waals surface area contributed by atoms with E-state index in [0.717, 1.165) is 44.8 Å². The number of piperidine rings is 1. The molecule has 0 radical (unpaired) electrons. The highest BCUT2D eigenvalue weighted by Crippen LogP contribution is 2.59. The summed E-state index contributed by atoms with van der Waals surface area (Å²) >= 11 is 5.35. The Morgan fingerprint density at radius 1 is 1.20 bits per heavy atom. The van der Waals surface area contributed by atoms with Gasteiger partial charge in [-0.25, -0.2) is 0 Å². The number of hydrogen-bond acceptors (Lipinski definition) is 5. The average molecular weight is 484 g/mol. The van der Waals surface area contributed by atoms with Crippen LogP contribution in [0.1, 0.15) is 24.0 Å². The van der Waals surface area contributed by atoms with Crippen molar-refractivity contribution in [2.45, 2.75) is 30.3 Å². The van der Waals surface area contributed by atoms with Crippen molar-refractivity contribution in [1.29, 1.82) is 0 Å². The van der Waals surface area contributed by atoms with Crippen molar-refractivity contribution in [2.75, 3.05) is 25.4 Å². The molecule has 2 aliphatic rings. The van der Waals surface area contributed by atoms with Crippen molar-refractivity contribution < 1.29 is 0 Å². The molecule has 2 fully saturated rings.